The lowest BCUT2D eigenvalue weighted by Gasteiger charge is -2.25. The fourth-order valence-electron chi connectivity index (χ4n) is 2.08. The van der Waals surface area contributed by atoms with Gasteiger partial charge in [0, 0.05) is 24.9 Å². The zero-order chi connectivity index (χ0) is 21.9. The topological polar surface area (TPSA) is 108 Å². The van der Waals surface area contributed by atoms with Gasteiger partial charge in [0.1, 0.15) is 0 Å². The quantitative estimate of drug-likeness (QED) is 0.599. The zero-order valence-electron chi connectivity index (χ0n) is 15.0. The molecule has 7 nitrogen and oxygen atoms in total. The van der Waals surface area contributed by atoms with Crippen molar-refractivity contribution < 1.29 is 31.5 Å². The summed E-state index contributed by atoms with van der Waals surface area (Å²) in [6.45, 7) is 0.352. The van der Waals surface area contributed by atoms with Crippen molar-refractivity contribution in [3.63, 3.8) is 0 Å². The minimum absolute atomic E-state index is 0.0594. The van der Waals surface area contributed by atoms with Crippen LogP contribution < -0.4 is 10.0 Å². The smallest absolute Gasteiger partial charge is 0.373 e. The van der Waals surface area contributed by atoms with E-state index in [2.05, 4.69) is 9.71 Å². The molecule has 158 valence electrons. The predicted octanol–water partition coefficient (Wildman–Crippen LogP) is 2.51. The molecule has 0 aliphatic carbocycles. The van der Waals surface area contributed by atoms with Crippen LogP contribution in [0.5, 0.6) is 0 Å². The van der Waals surface area contributed by atoms with Gasteiger partial charge in [-0.25, -0.2) is 13.1 Å². The van der Waals surface area contributed by atoms with E-state index in [1.807, 2.05) is 5.32 Å². The van der Waals surface area contributed by atoms with E-state index in [0.29, 0.717) is 19.0 Å². The summed E-state index contributed by atoms with van der Waals surface area (Å²) in [5, 5.41) is 10.9. The molecule has 2 aromatic rings. The lowest BCUT2D eigenvalue weighted by Crippen LogP contribution is -2.52. The second-order valence-corrected chi connectivity index (χ2v) is 8.31. The summed E-state index contributed by atoms with van der Waals surface area (Å²) in [6, 6.07) is 8.29. The fraction of sp³-hybridized carbons (Fsp3) is 0.294. The molecule has 1 heterocycles. The first-order valence-corrected chi connectivity index (χ1v) is 10.0. The third-order valence-electron chi connectivity index (χ3n) is 3.89. The Morgan fingerprint density at radius 3 is 2.48 bits per heavy atom. The van der Waals surface area contributed by atoms with Gasteiger partial charge in [0.2, 0.25) is 15.6 Å². The monoisotopic (exact) mass is 451 g/mol. The SMILES string of the molecule is CC(O)(C(=O)Nc1ccc(S(=O)(=O)NCCc2ccccn2)cc1Cl)C(F)(F)F. The second-order valence-electron chi connectivity index (χ2n) is 6.13. The van der Waals surface area contributed by atoms with Gasteiger partial charge in [-0.05, 0) is 37.3 Å². The number of halogens is 4. The van der Waals surface area contributed by atoms with E-state index in [4.69, 9.17) is 11.6 Å². The summed E-state index contributed by atoms with van der Waals surface area (Å²) in [5.41, 5.74) is -3.25. The molecule has 12 heteroatoms. The molecule has 1 aromatic heterocycles. The number of nitrogens with zero attached hydrogens (tertiary/aromatic N) is 1. The maximum absolute atomic E-state index is 12.7. The van der Waals surface area contributed by atoms with Crippen molar-refractivity contribution in [2.45, 2.75) is 30.0 Å². The number of carbonyl (C=O) groups excluding carboxylic acids is 1. The van der Waals surface area contributed by atoms with Crippen LogP contribution in [-0.4, -0.2) is 42.7 Å². The molecule has 29 heavy (non-hydrogen) atoms. The molecular weight excluding hydrogens is 435 g/mol. The molecule has 0 aliphatic heterocycles. The predicted molar refractivity (Wildman–Crippen MR) is 99.9 cm³/mol. The van der Waals surface area contributed by atoms with Gasteiger partial charge in [-0.2, -0.15) is 13.2 Å². The number of alkyl halides is 3. The third kappa shape index (κ3) is 5.66. The molecule has 3 N–H and O–H groups in total. The molecule has 0 bridgehead atoms. The summed E-state index contributed by atoms with van der Waals surface area (Å²) in [4.78, 5) is 15.5. The van der Waals surface area contributed by atoms with Gasteiger partial charge in [0.05, 0.1) is 15.6 Å². The molecule has 0 fully saturated rings. The molecule has 0 radical (unpaired) electrons. The van der Waals surface area contributed by atoms with Crippen LogP contribution in [0.15, 0.2) is 47.5 Å². The second kappa shape index (κ2) is 8.66. The van der Waals surface area contributed by atoms with Gasteiger partial charge >= 0.3 is 6.18 Å². The molecule has 1 atom stereocenters. The van der Waals surface area contributed by atoms with E-state index < -0.39 is 27.7 Å². The number of carbonyl (C=O) groups is 1. The van der Waals surface area contributed by atoms with E-state index in [0.717, 1.165) is 18.2 Å². The van der Waals surface area contributed by atoms with Gasteiger partial charge in [-0.15, -0.1) is 0 Å². The van der Waals surface area contributed by atoms with Crippen LogP contribution in [0.4, 0.5) is 18.9 Å². The Morgan fingerprint density at radius 2 is 1.93 bits per heavy atom. The molecule has 1 unspecified atom stereocenters. The Morgan fingerprint density at radius 1 is 1.24 bits per heavy atom. The normalized spacial score (nSPS) is 14.3. The summed E-state index contributed by atoms with van der Waals surface area (Å²) in [5.74, 6) is -1.75. The Labute approximate surface area is 170 Å². The number of hydrogen-bond donors (Lipinski definition) is 3. The number of aromatic nitrogens is 1. The summed E-state index contributed by atoms with van der Waals surface area (Å²) >= 11 is 5.89. The average Bonchev–Trinajstić information content (AvgIpc) is 2.63. The number of aliphatic hydroxyl groups is 1. The Balaban J connectivity index is 2.08. The number of anilines is 1. The molecule has 0 spiro atoms. The number of nitrogens with one attached hydrogen (secondary N) is 2. The molecule has 1 amide bonds. The van der Waals surface area contributed by atoms with Crippen molar-refractivity contribution in [3.8, 4) is 0 Å². The highest BCUT2D eigenvalue weighted by Crippen LogP contribution is 2.32. The lowest BCUT2D eigenvalue weighted by molar-refractivity contribution is -0.242. The van der Waals surface area contributed by atoms with Crippen molar-refractivity contribution in [1.82, 2.24) is 9.71 Å². The minimum Gasteiger partial charge on any atom is -0.373 e. The minimum atomic E-state index is -5.20. The molecule has 2 rings (SSSR count). The lowest BCUT2D eigenvalue weighted by atomic mass is 10.1. The Hall–Kier alpha value is -2.21. The molecule has 0 saturated heterocycles. The van der Waals surface area contributed by atoms with Crippen molar-refractivity contribution in [2.24, 2.45) is 0 Å². The van der Waals surface area contributed by atoms with E-state index in [1.54, 1.807) is 24.4 Å². The summed E-state index contributed by atoms with van der Waals surface area (Å²) in [7, 11) is -3.95. The van der Waals surface area contributed by atoms with Crippen LogP contribution in [0, 0.1) is 0 Å². The van der Waals surface area contributed by atoms with Crippen molar-refractivity contribution in [2.75, 3.05) is 11.9 Å². The van der Waals surface area contributed by atoms with Crippen LogP contribution in [0.1, 0.15) is 12.6 Å². The van der Waals surface area contributed by atoms with Crippen molar-refractivity contribution >= 4 is 33.2 Å². The maximum atomic E-state index is 12.7. The standard InChI is InChI=1S/C17H17ClF3N3O4S/c1-16(26,17(19,20)21)15(25)24-14-6-5-12(10-13(14)18)29(27,28)23-9-7-11-4-2-3-8-22-11/h2-6,8,10,23,26H,7,9H2,1H3,(H,24,25). The van der Waals surface area contributed by atoms with Gasteiger partial charge < -0.3 is 10.4 Å². The number of benzene rings is 1. The largest absolute Gasteiger partial charge is 0.426 e. The average molecular weight is 452 g/mol. The van der Waals surface area contributed by atoms with E-state index >= 15 is 0 Å². The van der Waals surface area contributed by atoms with Gasteiger partial charge in [-0.3, -0.25) is 9.78 Å². The molecule has 0 aliphatic rings. The first kappa shape index (κ1) is 23.1. The van der Waals surface area contributed by atoms with Crippen molar-refractivity contribution in [3.05, 3.63) is 53.3 Å². The van der Waals surface area contributed by atoms with Gasteiger partial charge in [0.15, 0.2) is 0 Å². The number of sulfonamides is 1. The number of hydrogen-bond acceptors (Lipinski definition) is 5. The zero-order valence-corrected chi connectivity index (χ0v) is 16.6. The fourth-order valence-corrected chi connectivity index (χ4v) is 3.43. The van der Waals surface area contributed by atoms with Crippen LogP contribution in [-0.2, 0) is 21.2 Å². The summed E-state index contributed by atoms with van der Waals surface area (Å²) < 4.78 is 65.2. The van der Waals surface area contributed by atoms with E-state index in [-0.39, 0.29) is 22.2 Å². The Bertz CT molecular complexity index is 983. The van der Waals surface area contributed by atoms with Gasteiger partial charge in [-0.1, -0.05) is 17.7 Å². The van der Waals surface area contributed by atoms with E-state index in [9.17, 15) is 31.5 Å². The molecule has 1 aromatic carbocycles. The number of amides is 1. The molecular formula is C17H17ClF3N3O4S. The first-order chi connectivity index (χ1) is 13.3. The van der Waals surface area contributed by atoms with Crippen molar-refractivity contribution in [1.29, 1.82) is 0 Å². The highest BCUT2D eigenvalue weighted by atomic mass is 35.5. The van der Waals surface area contributed by atoms with Gasteiger partial charge in [0.25, 0.3) is 5.91 Å². The summed E-state index contributed by atoms with van der Waals surface area (Å²) in [6.07, 6.45) is -3.29. The highest BCUT2D eigenvalue weighted by molar-refractivity contribution is 7.89. The first-order valence-electron chi connectivity index (χ1n) is 8.14. The Kier molecular flexibility index (Phi) is 6.89. The highest BCUT2D eigenvalue weighted by Gasteiger charge is 2.55. The van der Waals surface area contributed by atoms with Crippen LogP contribution in [0.3, 0.4) is 0 Å². The van der Waals surface area contributed by atoms with Crippen LogP contribution >= 0.6 is 11.6 Å². The van der Waals surface area contributed by atoms with Crippen LogP contribution in [0.25, 0.3) is 0 Å². The molecule has 0 saturated carbocycles. The number of pyridine rings is 1. The maximum Gasteiger partial charge on any atom is 0.426 e. The van der Waals surface area contributed by atoms with E-state index in [1.165, 1.54) is 0 Å². The number of rotatable bonds is 7. The van der Waals surface area contributed by atoms with Crippen LogP contribution in [0.2, 0.25) is 5.02 Å². The third-order valence-corrected chi connectivity index (χ3v) is 5.66.